The zero-order chi connectivity index (χ0) is 9.35. The Balaban J connectivity index is 3.26. The van der Waals surface area contributed by atoms with Crippen molar-refractivity contribution in [2.45, 2.75) is 19.4 Å². The van der Waals surface area contributed by atoms with E-state index in [0.29, 0.717) is 10.0 Å². The Morgan fingerprint density at radius 3 is 2.33 bits per heavy atom. The minimum atomic E-state index is -0.933. The number of hydrogen-bond donors (Lipinski definition) is 2. The first kappa shape index (κ1) is 9.55. The van der Waals surface area contributed by atoms with Gasteiger partial charge in [-0.15, -0.1) is 0 Å². The molecule has 0 spiro atoms. The maximum Gasteiger partial charge on any atom is 0.130 e. The summed E-state index contributed by atoms with van der Waals surface area (Å²) in [6, 6.07) is 5.04. The van der Waals surface area contributed by atoms with Crippen LogP contribution in [0.1, 0.15) is 19.4 Å². The summed E-state index contributed by atoms with van der Waals surface area (Å²) < 4.78 is 0.553. The minimum Gasteiger partial charge on any atom is -0.507 e. The van der Waals surface area contributed by atoms with Crippen LogP contribution < -0.4 is 0 Å². The molecule has 0 unspecified atom stereocenters. The molecular weight excluding hydrogens is 220 g/mol. The molecule has 1 aromatic carbocycles. The molecule has 0 atom stereocenters. The van der Waals surface area contributed by atoms with Gasteiger partial charge in [0.15, 0.2) is 0 Å². The van der Waals surface area contributed by atoms with Crippen LogP contribution in [-0.2, 0) is 5.60 Å². The summed E-state index contributed by atoms with van der Waals surface area (Å²) in [5.74, 6) is 0.148. The molecule has 66 valence electrons. The van der Waals surface area contributed by atoms with Crippen molar-refractivity contribution in [3.05, 3.63) is 28.2 Å². The molecular formula is C9H11BrO2. The minimum absolute atomic E-state index is 0.148. The van der Waals surface area contributed by atoms with Crippen molar-refractivity contribution in [3.8, 4) is 5.75 Å². The lowest BCUT2D eigenvalue weighted by atomic mass is 9.98. The number of aliphatic hydroxyl groups is 1. The Morgan fingerprint density at radius 2 is 1.92 bits per heavy atom. The van der Waals surface area contributed by atoms with Gasteiger partial charge in [-0.25, -0.2) is 0 Å². The van der Waals surface area contributed by atoms with E-state index in [0.717, 1.165) is 0 Å². The van der Waals surface area contributed by atoms with Crippen molar-refractivity contribution < 1.29 is 10.2 Å². The molecule has 0 saturated heterocycles. The van der Waals surface area contributed by atoms with E-state index >= 15 is 0 Å². The summed E-state index contributed by atoms with van der Waals surface area (Å²) in [7, 11) is 0. The molecule has 0 fully saturated rings. The maximum absolute atomic E-state index is 9.65. The van der Waals surface area contributed by atoms with Crippen molar-refractivity contribution in [2.75, 3.05) is 0 Å². The molecule has 0 aliphatic heterocycles. The fraction of sp³-hybridized carbons (Fsp3) is 0.333. The molecule has 2 nitrogen and oxygen atoms in total. The molecule has 12 heavy (non-hydrogen) atoms. The molecule has 1 rings (SSSR count). The zero-order valence-corrected chi connectivity index (χ0v) is 8.59. The Labute approximate surface area is 80.0 Å². The van der Waals surface area contributed by atoms with Gasteiger partial charge in [0, 0.05) is 5.56 Å². The van der Waals surface area contributed by atoms with E-state index in [9.17, 15) is 10.2 Å². The maximum atomic E-state index is 9.65. The Kier molecular flexibility index (Phi) is 2.44. The summed E-state index contributed by atoms with van der Waals surface area (Å²) >= 11 is 3.21. The molecule has 0 heterocycles. The van der Waals surface area contributed by atoms with Crippen LogP contribution in [-0.4, -0.2) is 10.2 Å². The predicted molar refractivity (Wildman–Crippen MR) is 51.1 cm³/mol. The van der Waals surface area contributed by atoms with Gasteiger partial charge in [-0.1, -0.05) is 12.1 Å². The molecule has 0 saturated carbocycles. The smallest absolute Gasteiger partial charge is 0.130 e. The Hall–Kier alpha value is -0.540. The second-order valence-corrected chi connectivity index (χ2v) is 3.99. The molecule has 0 bridgehead atoms. The van der Waals surface area contributed by atoms with Crippen molar-refractivity contribution in [1.29, 1.82) is 0 Å². The van der Waals surface area contributed by atoms with Crippen LogP contribution in [0.4, 0.5) is 0 Å². The third kappa shape index (κ3) is 1.79. The molecule has 0 radical (unpaired) electrons. The average molecular weight is 231 g/mol. The van der Waals surface area contributed by atoms with Gasteiger partial charge in [-0.2, -0.15) is 0 Å². The van der Waals surface area contributed by atoms with Gasteiger partial charge in [0.25, 0.3) is 0 Å². The highest BCUT2D eigenvalue weighted by Crippen LogP contribution is 2.33. The highest BCUT2D eigenvalue weighted by atomic mass is 79.9. The topological polar surface area (TPSA) is 40.5 Å². The SMILES string of the molecule is CC(C)(O)c1cccc(O)c1Br. The first-order valence-electron chi connectivity index (χ1n) is 3.63. The van der Waals surface area contributed by atoms with Crippen molar-refractivity contribution in [2.24, 2.45) is 0 Å². The standard InChI is InChI=1S/C9H11BrO2/c1-9(2,12)6-4-3-5-7(11)8(6)10/h3-5,11-12H,1-2H3. The van der Waals surface area contributed by atoms with E-state index in [1.165, 1.54) is 0 Å². The van der Waals surface area contributed by atoms with Crippen LogP contribution in [0.15, 0.2) is 22.7 Å². The van der Waals surface area contributed by atoms with Gasteiger partial charge in [0.1, 0.15) is 5.75 Å². The van der Waals surface area contributed by atoms with E-state index in [1.807, 2.05) is 0 Å². The summed E-state index contributed by atoms with van der Waals surface area (Å²) in [6.45, 7) is 3.35. The first-order chi connectivity index (χ1) is 5.43. The normalized spacial score (nSPS) is 11.7. The number of phenolic OH excluding ortho intramolecular Hbond substituents is 1. The fourth-order valence-corrected chi connectivity index (χ4v) is 1.74. The summed E-state index contributed by atoms with van der Waals surface area (Å²) in [6.07, 6.45) is 0. The second kappa shape index (κ2) is 3.07. The largest absolute Gasteiger partial charge is 0.507 e. The van der Waals surface area contributed by atoms with Crippen LogP contribution in [0.25, 0.3) is 0 Å². The Morgan fingerprint density at radius 1 is 1.33 bits per heavy atom. The highest BCUT2D eigenvalue weighted by Gasteiger charge is 2.20. The van der Waals surface area contributed by atoms with Crippen LogP contribution >= 0.6 is 15.9 Å². The molecule has 1 aromatic rings. The van der Waals surface area contributed by atoms with E-state index in [1.54, 1.807) is 32.0 Å². The monoisotopic (exact) mass is 230 g/mol. The average Bonchev–Trinajstić information content (AvgIpc) is 1.92. The quantitative estimate of drug-likeness (QED) is 0.778. The lowest BCUT2D eigenvalue weighted by Gasteiger charge is -2.19. The fourth-order valence-electron chi connectivity index (χ4n) is 0.992. The van der Waals surface area contributed by atoms with Crippen LogP contribution in [0.2, 0.25) is 0 Å². The number of halogens is 1. The lowest BCUT2D eigenvalue weighted by molar-refractivity contribution is 0.0775. The first-order valence-corrected chi connectivity index (χ1v) is 4.42. The molecule has 2 N–H and O–H groups in total. The third-order valence-corrected chi connectivity index (χ3v) is 2.47. The molecule has 0 amide bonds. The van der Waals surface area contributed by atoms with Gasteiger partial charge in [-0.05, 0) is 35.8 Å². The summed E-state index contributed by atoms with van der Waals surface area (Å²) in [4.78, 5) is 0. The third-order valence-electron chi connectivity index (χ3n) is 1.64. The van der Waals surface area contributed by atoms with Gasteiger partial charge >= 0.3 is 0 Å². The zero-order valence-electron chi connectivity index (χ0n) is 7.00. The van der Waals surface area contributed by atoms with Crippen LogP contribution in [0, 0.1) is 0 Å². The molecule has 0 aliphatic carbocycles. The van der Waals surface area contributed by atoms with Crippen LogP contribution in [0.3, 0.4) is 0 Å². The Bertz CT molecular complexity index is 289. The lowest BCUT2D eigenvalue weighted by Crippen LogP contribution is -2.15. The molecule has 0 aliphatic rings. The molecule has 3 heteroatoms. The summed E-state index contributed by atoms with van der Waals surface area (Å²) in [5, 5.41) is 19.0. The second-order valence-electron chi connectivity index (χ2n) is 3.20. The van der Waals surface area contributed by atoms with E-state index in [4.69, 9.17) is 0 Å². The van der Waals surface area contributed by atoms with Gasteiger partial charge in [-0.3, -0.25) is 0 Å². The van der Waals surface area contributed by atoms with Gasteiger partial charge < -0.3 is 10.2 Å². The van der Waals surface area contributed by atoms with Crippen molar-refractivity contribution in [3.63, 3.8) is 0 Å². The number of aromatic hydroxyl groups is 1. The van der Waals surface area contributed by atoms with Gasteiger partial charge in [0.05, 0.1) is 10.1 Å². The van der Waals surface area contributed by atoms with E-state index < -0.39 is 5.60 Å². The predicted octanol–water partition coefficient (Wildman–Crippen LogP) is 2.38. The van der Waals surface area contributed by atoms with E-state index in [2.05, 4.69) is 15.9 Å². The van der Waals surface area contributed by atoms with Crippen LogP contribution in [0.5, 0.6) is 5.75 Å². The number of rotatable bonds is 1. The van der Waals surface area contributed by atoms with Crippen molar-refractivity contribution >= 4 is 15.9 Å². The number of phenols is 1. The summed E-state index contributed by atoms with van der Waals surface area (Å²) in [5.41, 5.74) is -0.250. The van der Waals surface area contributed by atoms with Crippen molar-refractivity contribution in [1.82, 2.24) is 0 Å². The highest BCUT2D eigenvalue weighted by molar-refractivity contribution is 9.10. The number of hydrogen-bond acceptors (Lipinski definition) is 2. The van der Waals surface area contributed by atoms with Gasteiger partial charge in [0.2, 0.25) is 0 Å². The molecule has 0 aromatic heterocycles. The van der Waals surface area contributed by atoms with E-state index in [-0.39, 0.29) is 5.75 Å². The number of benzene rings is 1.